The Labute approximate surface area is 105 Å². The molecule has 90 valence electrons. The molecule has 4 heteroatoms. The molecule has 1 rings (SSSR count). The maximum atomic E-state index is 9.21. The van der Waals surface area contributed by atoms with Gasteiger partial charge >= 0.3 is 0 Å². The molecular formula is C12H18BrNO2. The van der Waals surface area contributed by atoms with Crippen LogP contribution in [0.1, 0.15) is 24.9 Å². The van der Waals surface area contributed by atoms with E-state index in [1.54, 1.807) is 7.11 Å². The summed E-state index contributed by atoms with van der Waals surface area (Å²) in [5.74, 6) is 0.883. The first-order chi connectivity index (χ1) is 7.63. The van der Waals surface area contributed by atoms with Crippen molar-refractivity contribution in [1.29, 1.82) is 0 Å². The highest BCUT2D eigenvalue weighted by Gasteiger charge is 2.17. The molecule has 0 aliphatic carbocycles. The summed E-state index contributed by atoms with van der Waals surface area (Å²) in [6, 6.07) is 5.62. The lowest BCUT2D eigenvalue weighted by atomic mass is 9.92. The average Bonchev–Trinajstić information content (AvgIpc) is 2.30. The van der Waals surface area contributed by atoms with E-state index in [1.807, 2.05) is 25.1 Å². The van der Waals surface area contributed by atoms with Crippen molar-refractivity contribution in [1.82, 2.24) is 0 Å². The molecule has 0 heterocycles. The number of methoxy groups -OCH3 is 1. The smallest absolute Gasteiger partial charge is 0.133 e. The van der Waals surface area contributed by atoms with Gasteiger partial charge in [-0.05, 0) is 40.0 Å². The Morgan fingerprint density at radius 2 is 2.19 bits per heavy atom. The summed E-state index contributed by atoms with van der Waals surface area (Å²) in [7, 11) is 1.63. The number of rotatable bonds is 5. The van der Waals surface area contributed by atoms with Gasteiger partial charge in [-0.25, -0.2) is 0 Å². The standard InChI is InChI=1S/C12H18BrNO2/c1-3-8(7-15)12(14)9-4-5-11(16-2)10(13)6-9/h4-6,8,12,15H,3,7,14H2,1-2H3. The lowest BCUT2D eigenvalue weighted by Gasteiger charge is -2.21. The van der Waals surface area contributed by atoms with E-state index in [-0.39, 0.29) is 18.6 Å². The van der Waals surface area contributed by atoms with Crippen molar-refractivity contribution in [3.63, 3.8) is 0 Å². The second-order valence-corrected chi connectivity index (χ2v) is 4.63. The van der Waals surface area contributed by atoms with Crippen molar-refractivity contribution >= 4 is 15.9 Å². The van der Waals surface area contributed by atoms with E-state index in [2.05, 4.69) is 15.9 Å². The van der Waals surface area contributed by atoms with Gasteiger partial charge in [0.2, 0.25) is 0 Å². The van der Waals surface area contributed by atoms with E-state index < -0.39 is 0 Å². The molecule has 3 N–H and O–H groups in total. The lowest BCUT2D eigenvalue weighted by molar-refractivity contribution is 0.200. The highest BCUT2D eigenvalue weighted by atomic mass is 79.9. The SMILES string of the molecule is CCC(CO)C(N)c1ccc(OC)c(Br)c1. The summed E-state index contributed by atoms with van der Waals surface area (Å²) in [6.07, 6.45) is 0.862. The fraction of sp³-hybridized carbons (Fsp3) is 0.500. The minimum Gasteiger partial charge on any atom is -0.496 e. The van der Waals surface area contributed by atoms with Crippen LogP contribution in [0.25, 0.3) is 0 Å². The van der Waals surface area contributed by atoms with Gasteiger partial charge in [-0.15, -0.1) is 0 Å². The Balaban J connectivity index is 2.91. The highest BCUT2D eigenvalue weighted by Crippen LogP contribution is 2.30. The van der Waals surface area contributed by atoms with Crippen LogP contribution in [0, 0.1) is 5.92 Å². The molecule has 1 aromatic rings. The van der Waals surface area contributed by atoms with Gasteiger partial charge in [-0.3, -0.25) is 0 Å². The molecule has 0 amide bonds. The van der Waals surface area contributed by atoms with E-state index >= 15 is 0 Å². The number of halogens is 1. The molecule has 1 aromatic carbocycles. The van der Waals surface area contributed by atoms with Crippen molar-refractivity contribution in [2.45, 2.75) is 19.4 Å². The van der Waals surface area contributed by atoms with Crippen LogP contribution in [0.15, 0.2) is 22.7 Å². The average molecular weight is 288 g/mol. The predicted molar refractivity (Wildman–Crippen MR) is 68.5 cm³/mol. The molecule has 0 radical (unpaired) electrons. The summed E-state index contributed by atoms with van der Waals surface area (Å²) in [6.45, 7) is 2.14. The van der Waals surface area contributed by atoms with Gasteiger partial charge in [0, 0.05) is 18.6 Å². The molecule has 0 saturated carbocycles. The normalized spacial score (nSPS) is 14.6. The van der Waals surface area contributed by atoms with Gasteiger partial charge < -0.3 is 15.6 Å². The Bertz CT molecular complexity index is 340. The molecule has 0 fully saturated rings. The van der Waals surface area contributed by atoms with E-state index in [1.165, 1.54) is 0 Å². The fourth-order valence-corrected chi connectivity index (χ4v) is 2.22. The second kappa shape index (κ2) is 6.23. The molecule has 2 atom stereocenters. The lowest BCUT2D eigenvalue weighted by Crippen LogP contribution is -2.23. The third-order valence-corrected chi connectivity index (χ3v) is 3.45. The predicted octanol–water partition coefficient (Wildman–Crippen LogP) is 2.48. The Kier molecular flexibility index (Phi) is 5.25. The number of hydrogen-bond donors (Lipinski definition) is 2. The minimum atomic E-state index is -0.141. The molecular weight excluding hydrogens is 270 g/mol. The first-order valence-electron chi connectivity index (χ1n) is 5.33. The topological polar surface area (TPSA) is 55.5 Å². The van der Waals surface area contributed by atoms with Gasteiger partial charge in [0.15, 0.2) is 0 Å². The van der Waals surface area contributed by atoms with E-state index in [0.29, 0.717) is 0 Å². The van der Waals surface area contributed by atoms with E-state index in [0.717, 1.165) is 22.2 Å². The molecule has 0 spiro atoms. The van der Waals surface area contributed by atoms with Crippen LogP contribution in [0.4, 0.5) is 0 Å². The molecule has 0 aliphatic rings. The molecule has 0 aliphatic heterocycles. The van der Waals surface area contributed by atoms with Crippen LogP contribution in [0.2, 0.25) is 0 Å². The third-order valence-electron chi connectivity index (χ3n) is 2.83. The molecule has 2 unspecified atom stereocenters. The zero-order valence-electron chi connectivity index (χ0n) is 9.61. The van der Waals surface area contributed by atoms with E-state index in [9.17, 15) is 5.11 Å². The third kappa shape index (κ3) is 2.97. The van der Waals surface area contributed by atoms with Crippen molar-refractivity contribution in [3.8, 4) is 5.75 Å². The molecule has 16 heavy (non-hydrogen) atoms. The van der Waals surface area contributed by atoms with Crippen LogP contribution in [0.5, 0.6) is 5.75 Å². The maximum Gasteiger partial charge on any atom is 0.133 e. The molecule has 0 saturated heterocycles. The number of benzene rings is 1. The van der Waals surface area contributed by atoms with Gasteiger partial charge in [-0.2, -0.15) is 0 Å². The summed E-state index contributed by atoms with van der Waals surface area (Å²) < 4.78 is 6.04. The maximum absolute atomic E-state index is 9.21. The summed E-state index contributed by atoms with van der Waals surface area (Å²) in [4.78, 5) is 0. The number of aliphatic hydroxyl groups excluding tert-OH is 1. The van der Waals surface area contributed by atoms with Crippen LogP contribution in [-0.2, 0) is 0 Å². The van der Waals surface area contributed by atoms with Gasteiger partial charge in [0.05, 0.1) is 11.6 Å². The highest BCUT2D eigenvalue weighted by molar-refractivity contribution is 9.10. The van der Waals surface area contributed by atoms with Crippen molar-refractivity contribution < 1.29 is 9.84 Å². The van der Waals surface area contributed by atoms with Gasteiger partial charge in [0.25, 0.3) is 0 Å². The summed E-state index contributed by atoms with van der Waals surface area (Å²) in [5.41, 5.74) is 7.11. The summed E-state index contributed by atoms with van der Waals surface area (Å²) >= 11 is 3.43. The largest absolute Gasteiger partial charge is 0.496 e. The molecule has 0 bridgehead atoms. The Hall–Kier alpha value is -0.580. The zero-order valence-corrected chi connectivity index (χ0v) is 11.2. The first kappa shape index (κ1) is 13.5. The van der Waals surface area contributed by atoms with Crippen LogP contribution in [-0.4, -0.2) is 18.8 Å². The number of ether oxygens (including phenoxy) is 1. The van der Waals surface area contributed by atoms with Gasteiger partial charge in [-0.1, -0.05) is 13.0 Å². The Morgan fingerprint density at radius 3 is 2.62 bits per heavy atom. The number of nitrogens with two attached hydrogens (primary N) is 1. The fourth-order valence-electron chi connectivity index (χ4n) is 1.66. The molecule has 3 nitrogen and oxygen atoms in total. The number of hydrogen-bond acceptors (Lipinski definition) is 3. The van der Waals surface area contributed by atoms with Crippen LogP contribution >= 0.6 is 15.9 Å². The second-order valence-electron chi connectivity index (χ2n) is 3.77. The Morgan fingerprint density at radius 1 is 1.50 bits per heavy atom. The monoisotopic (exact) mass is 287 g/mol. The van der Waals surface area contributed by atoms with Gasteiger partial charge in [0.1, 0.15) is 5.75 Å². The number of aliphatic hydroxyl groups is 1. The molecule has 0 aromatic heterocycles. The zero-order chi connectivity index (χ0) is 12.1. The minimum absolute atomic E-state index is 0.0975. The van der Waals surface area contributed by atoms with Crippen LogP contribution < -0.4 is 10.5 Å². The van der Waals surface area contributed by atoms with E-state index in [4.69, 9.17) is 10.5 Å². The van der Waals surface area contributed by atoms with Crippen LogP contribution in [0.3, 0.4) is 0 Å². The summed E-state index contributed by atoms with van der Waals surface area (Å²) in [5, 5.41) is 9.21. The van der Waals surface area contributed by atoms with Crippen molar-refractivity contribution in [2.75, 3.05) is 13.7 Å². The first-order valence-corrected chi connectivity index (χ1v) is 6.13. The van der Waals surface area contributed by atoms with Crippen molar-refractivity contribution in [2.24, 2.45) is 11.7 Å². The van der Waals surface area contributed by atoms with Crippen molar-refractivity contribution in [3.05, 3.63) is 28.2 Å². The quantitative estimate of drug-likeness (QED) is 0.875.